The van der Waals surface area contributed by atoms with Crippen LogP contribution in [0, 0.1) is 13.8 Å². The van der Waals surface area contributed by atoms with Gasteiger partial charge in [-0.05, 0) is 37.9 Å². The minimum Gasteiger partial charge on any atom is -0.337 e. The molecule has 0 radical (unpaired) electrons. The molecule has 3 nitrogen and oxygen atoms in total. The molecule has 1 aromatic carbocycles. The SMILES string of the molecule is CCNC(Cc1cc(C)ccc1C)c1nccn1C. The number of nitrogens with one attached hydrogen (secondary N) is 1. The van der Waals surface area contributed by atoms with Gasteiger partial charge in [0.05, 0.1) is 6.04 Å². The molecule has 0 aliphatic heterocycles. The molecule has 2 rings (SSSR count). The van der Waals surface area contributed by atoms with Crippen molar-refractivity contribution >= 4 is 0 Å². The molecule has 0 saturated heterocycles. The molecule has 0 aliphatic rings. The van der Waals surface area contributed by atoms with E-state index in [4.69, 9.17) is 0 Å². The van der Waals surface area contributed by atoms with Crippen molar-refractivity contribution in [2.45, 2.75) is 33.2 Å². The molecule has 2 aromatic rings. The summed E-state index contributed by atoms with van der Waals surface area (Å²) in [7, 11) is 2.05. The Balaban J connectivity index is 2.26. The Morgan fingerprint density at radius 3 is 2.74 bits per heavy atom. The van der Waals surface area contributed by atoms with E-state index in [1.807, 2.05) is 12.4 Å². The third-order valence-corrected chi connectivity index (χ3v) is 3.55. The van der Waals surface area contributed by atoms with E-state index in [-0.39, 0.29) is 6.04 Å². The van der Waals surface area contributed by atoms with Crippen LogP contribution in [0.3, 0.4) is 0 Å². The summed E-state index contributed by atoms with van der Waals surface area (Å²) >= 11 is 0. The molecule has 0 bridgehead atoms. The largest absolute Gasteiger partial charge is 0.337 e. The molecule has 1 heterocycles. The predicted octanol–water partition coefficient (Wildman–Crippen LogP) is 2.93. The smallest absolute Gasteiger partial charge is 0.125 e. The van der Waals surface area contributed by atoms with Crippen molar-refractivity contribution in [1.29, 1.82) is 0 Å². The second kappa shape index (κ2) is 6.02. The molecule has 0 fully saturated rings. The van der Waals surface area contributed by atoms with Gasteiger partial charge in [-0.3, -0.25) is 0 Å². The van der Waals surface area contributed by atoms with Crippen LogP contribution in [-0.2, 0) is 13.5 Å². The van der Waals surface area contributed by atoms with Crippen molar-refractivity contribution in [2.75, 3.05) is 6.54 Å². The number of nitrogens with zero attached hydrogens (tertiary/aromatic N) is 2. The molecule has 1 N–H and O–H groups in total. The van der Waals surface area contributed by atoms with Crippen LogP contribution in [0.2, 0.25) is 0 Å². The van der Waals surface area contributed by atoms with Gasteiger partial charge < -0.3 is 9.88 Å². The summed E-state index contributed by atoms with van der Waals surface area (Å²) in [4.78, 5) is 4.48. The van der Waals surface area contributed by atoms with Crippen LogP contribution >= 0.6 is 0 Å². The second-order valence-corrected chi connectivity index (χ2v) is 5.14. The lowest BCUT2D eigenvalue weighted by atomic mass is 9.98. The average molecular weight is 257 g/mol. The van der Waals surface area contributed by atoms with E-state index in [2.05, 4.69) is 60.9 Å². The quantitative estimate of drug-likeness (QED) is 0.892. The van der Waals surface area contributed by atoms with Gasteiger partial charge in [0, 0.05) is 19.4 Å². The molecule has 102 valence electrons. The van der Waals surface area contributed by atoms with Crippen LogP contribution in [0.25, 0.3) is 0 Å². The summed E-state index contributed by atoms with van der Waals surface area (Å²) < 4.78 is 2.10. The first kappa shape index (κ1) is 13.8. The van der Waals surface area contributed by atoms with Gasteiger partial charge in [-0.1, -0.05) is 30.7 Å². The summed E-state index contributed by atoms with van der Waals surface area (Å²) in [5.41, 5.74) is 4.06. The molecule has 1 atom stereocenters. The van der Waals surface area contributed by atoms with Crippen molar-refractivity contribution in [3.8, 4) is 0 Å². The minimum absolute atomic E-state index is 0.269. The summed E-state index contributed by atoms with van der Waals surface area (Å²) in [6.07, 6.45) is 4.84. The van der Waals surface area contributed by atoms with Crippen LogP contribution in [0.4, 0.5) is 0 Å². The van der Waals surface area contributed by atoms with Crippen LogP contribution in [0.1, 0.15) is 35.5 Å². The Morgan fingerprint density at radius 1 is 1.32 bits per heavy atom. The molecule has 0 amide bonds. The van der Waals surface area contributed by atoms with E-state index in [1.54, 1.807) is 0 Å². The summed E-state index contributed by atoms with van der Waals surface area (Å²) in [5.74, 6) is 1.10. The number of aromatic nitrogens is 2. The van der Waals surface area contributed by atoms with Gasteiger partial charge in [-0.15, -0.1) is 0 Å². The van der Waals surface area contributed by atoms with Crippen molar-refractivity contribution in [2.24, 2.45) is 7.05 Å². The average Bonchev–Trinajstić information content (AvgIpc) is 2.79. The first-order chi connectivity index (χ1) is 9.11. The molecule has 0 aliphatic carbocycles. The standard InChI is InChI=1S/C16H23N3/c1-5-17-15(16-18-8-9-19(16)4)11-14-10-12(2)6-7-13(14)3/h6-10,15,17H,5,11H2,1-4H3. The van der Waals surface area contributed by atoms with Gasteiger partial charge in [0.15, 0.2) is 0 Å². The van der Waals surface area contributed by atoms with Gasteiger partial charge in [0.2, 0.25) is 0 Å². The normalized spacial score (nSPS) is 12.6. The van der Waals surface area contributed by atoms with E-state index >= 15 is 0 Å². The molecular weight excluding hydrogens is 234 g/mol. The van der Waals surface area contributed by atoms with E-state index in [0.717, 1.165) is 18.8 Å². The van der Waals surface area contributed by atoms with E-state index in [0.29, 0.717) is 0 Å². The highest BCUT2D eigenvalue weighted by atomic mass is 15.1. The first-order valence-corrected chi connectivity index (χ1v) is 6.88. The fraction of sp³-hybridized carbons (Fsp3) is 0.438. The van der Waals surface area contributed by atoms with Crippen molar-refractivity contribution in [3.05, 3.63) is 53.1 Å². The molecule has 0 spiro atoms. The number of benzene rings is 1. The summed E-state index contributed by atoms with van der Waals surface area (Å²) in [5, 5.41) is 3.54. The number of hydrogen-bond donors (Lipinski definition) is 1. The zero-order valence-corrected chi connectivity index (χ0v) is 12.3. The lowest BCUT2D eigenvalue weighted by molar-refractivity contribution is 0.505. The van der Waals surface area contributed by atoms with Crippen molar-refractivity contribution in [3.63, 3.8) is 0 Å². The highest BCUT2D eigenvalue weighted by Crippen LogP contribution is 2.20. The second-order valence-electron chi connectivity index (χ2n) is 5.14. The maximum Gasteiger partial charge on any atom is 0.125 e. The maximum atomic E-state index is 4.48. The molecule has 1 unspecified atom stereocenters. The Bertz CT molecular complexity index is 543. The van der Waals surface area contributed by atoms with Gasteiger partial charge in [0.25, 0.3) is 0 Å². The van der Waals surface area contributed by atoms with Crippen molar-refractivity contribution < 1.29 is 0 Å². The number of aryl methyl sites for hydroxylation is 3. The highest BCUT2D eigenvalue weighted by molar-refractivity contribution is 5.31. The van der Waals surface area contributed by atoms with Crippen LogP contribution < -0.4 is 5.32 Å². The van der Waals surface area contributed by atoms with E-state index in [9.17, 15) is 0 Å². The minimum atomic E-state index is 0.269. The summed E-state index contributed by atoms with van der Waals surface area (Å²) in [6.45, 7) is 7.41. The Kier molecular flexibility index (Phi) is 4.38. The zero-order chi connectivity index (χ0) is 13.8. The maximum absolute atomic E-state index is 4.48. The third-order valence-electron chi connectivity index (χ3n) is 3.55. The first-order valence-electron chi connectivity index (χ1n) is 6.88. The van der Waals surface area contributed by atoms with E-state index < -0.39 is 0 Å². The Labute approximate surface area is 115 Å². The molecular formula is C16H23N3. The number of imidazole rings is 1. The van der Waals surface area contributed by atoms with Gasteiger partial charge >= 0.3 is 0 Å². The van der Waals surface area contributed by atoms with Gasteiger partial charge in [-0.25, -0.2) is 4.98 Å². The number of hydrogen-bond acceptors (Lipinski definition) is 2. The van der Waals surface area contributed by atoms with Crippen LogP contribution in [0.15, 0.2) is 30.6 Å². The van der Waals surface area contributed by atoms with Crippen LogP contribution in [-0.4, -0.2) is 16.1 Å². The Hall–Kier alpha value is -1.61. The fourth-order valence-electron chi connectivity index (χ4n) is 2.45. The molecule has 0 saturated carbocycles. The molecule has 19 heavy (non-hydrogen) atoms. The number of likely N-dealkylation sites (N-methyl/N-ethyl adjacent to an activating group) is 1. The predicted molar refractivity (Wildman–Crippen MR) is 79.2 cm³/mol. The molecule has 3 heteroatoms. The topological polar surface area (TPSA) is 29.9 Å². The highest BCUT2D eigenvalue weighted by Gasteiger charge is 2.16. The molecule has 1 aromatic heterocycles. The fourth-order valence-corrected chi connectivity index (χ4v) is 2.45. The van der Waals surface area contributed by atoms with Gasteiger partial charge in [0.1, 0.15) is 5.82 Å². The van der Waals surface area contributed by atoms with Gasteiger partial charge in [-0.2, -0.15) is 0 Å². The zero-order valence-electron chi connectivity index (χ0n) is 12.3. The van der Waals surface area contributed by atoms with Crippen molar-refractivity contribution in [1.82, 2.24) is 14.9 Å². The monoisotopic (exact) mass is 257 g/mol. The summed E-state index contributed by atoms with van der Waals surface area (Å²) in [6, 6.07) is 6.92. The van der Waals surface area contributed by atoms with E-state index in [1.165, 1.54) is 16.7 Å². The lowest BCUT2D eigenvalue weighted by Gasteiger charge is -2.19. The number of rotatable bonds is 5. The van der Waals surface area contributed by atoms with Crippen LogP contribution in [0.5, 0.6) is 0 Å². The lowest BCUT2D eigenvalue weighted by Crippen LogP contribution is -2.26. The Morgan fingerprint density at radius 2 is 2.11 bits per heavy atom. The third kappa shape index (κ3) is 3.24.